The Labute approximate surface area is 136 Å². The Balaban J connectivity index is 1.82. The van der Waals surface area contributed by atoms with Gasteiger partial charge in [-0.25, -0.2) is 0 Å². The second kappa shape index (κ2) is 7.90. The number of aliphatic hydroxyl groups is 2. The van der Waals surface area contributed by atoms with Gasteiger partial charge in [-0.1, -0.05) is 26.0 Å². The number of allylic oxidation sites excluding steroid dienone is 1. The van der Waals surface area contributed by atoms with Crippen LogP contribution in [0.3, 0.4) is 0 Å². The number of carbonyl (C=O) groups excluding carboxylic acids is 2. The molecule has 4 N–H and O–H groups in total. The van der Waals surface area contributed by atoms with Crippen LogP contribution in [0.4, 0.5) is 0 Å². The summed E-state index contributed by atoms with van der Waals surface area (Å²) in [6.07, 6.45) is 1.83. The van der Waals surface area contributed by atoms with Crippen molar-refractivity contribution in [1.29, 1.82) is 0 Å². The molecular weight excluding hydrogens is 300 g/mol. The molecule has 0 radical (unpaired) electrons. The molecule has 0 aliphatic carbocycles. The van der Waals surface area contributed by atoms with Crippen LogP contribution in [0.25, 0.3) is 0 Å². The van der Waals surface area contributed by atoms with Gasteiger partial charge in [-0.2, -0.15) is 0 Å². The molecule has 5 atom stereocenters. The number of aliphatic hydroxyl groups excluding tert-OH is 2. The second-order valence-corrected chi connectivity index (χ2v) is 6.48. The highest BCUT2D eigenvalue weighted by Gasteiger charge is 2.51. The first-order chi connectivity index (χ1) is 10.9. The number of amides is 2. The van der Waals surface area contributed by atoms with Gasteiger partial charge < -0.3 is 25.6 Å². The summed E-state index contributed by atoms with van der Waals surface area (Å²) in [5, 5.41) is 25.3. The molecular formula is C16H26N2O5. The van der Waals surface area contributed by atoms with Gasteiger partial charge >= 0.3 is 0 Å². The highest BCUT2D eigenvalue weighted by molar-refractivity contribution is 5.90. The fourth-order valence-corrected chi connectivity index (χ4v) is 2.57. The molecule has 0 saturated carbocycles. The minimum atomic E-state index is -1.16. The molecule has 0 unspecified atom stereocenters. The molecule has 130 valence electrons. The van der Waals surface area contributed by atoms with Crippen molar-refractivity contribution in [1.82, 2.24) is 10.6 Å². The van der Waals surface area contributed by atoms with Crippen LogP contribution in [0.15, 0.2) is 12.2 Å². The predicted octanol–water partition coefficient (Wildman–Crippen LogP) is -0.527. The van der Waals surface area contributed by atoms with Gasteiger partial charge in [0.15, 0.2) is 6.10 Å². The largest absolute Gasteiger partial charge is 0.387 e. The Morgan fingerprint density at radius 1 is 1.35 bits per heavy atom. The zero-order valence-electron chi connectivity index (χ0n) is 13.6. The highest BCUT2D eigenvalue weighted by Crippen LogP contribution is 2.28. The van der Waals surface area contributed by atoms with Crippen LogP contribution in [0, 0.1) is 5.92 Å². The minimum absolute atomic E-state index is 0.187. The van der Waals surface area contributed by atoms with E-state index in [4.69, 9.17) is 4.74 Å². The summed E-state index contributed by atoms with van der Waals surface area (Å²) in [7, 11) is 0. The molecule has 2 aliphatic heterocycles. The quantitative estimate of drug-likeness (QED) is 0.387. The van der Waals surface area contributed by atoms with Crippen molar-refractivity contribution < 1.29 is 24.5 Å². The predicted molar refractivity (Wildman–Crippen MR) is 83.4 cm³/mol. The van der Waals surface area contributed by atoms with Crippen molar-refractivity contribution in [2.75, 3.05) is 6.54 Å². The molecule has 7 nitrogen and oxygen atoms in total. The second-order valence-electron chi connectivity index (χ2n) is 6.48. The molecule has 2 rings (SSSR count). The summed E-state index contributed by atoms with van der Waals surface area (Å²) in [6, 6.07) is -0.558. The van der Waals surface area contributed by atoms with Crippen molar-refractivity contribution in [2.45, 2.75) is 63.6 Å². The summed E-state index contributed by atoms with van der Waals surface area (Å²) in [5.74, 6) is -0.352. The monoisotopic (exact) mass is 326 g/mol. The Hall–Kier alpha value is -1.44. The molecule has 2 fully saturated rings. The van der Waals surface area contributed by atoms with Crippen LogP contribution in [0.1, 0.15) is 33.1 Å². The van der Waals surface area contributed by atoms with Crippen LogP contribution in [0.5, 0.6) is 0 Å². The summed E-state index contributed by atoms with van der Waals surface area (Å²) < 4.78 is 5.19. The van der Waals surface area contributed by atoms with Gasteiger partial charge in [-0.05, 0) is 25.2 Å². The lowest BCUT2D eigenvalue weighted by molar-refractivity contribution is -0.129. The number of ether oxygens (including phenoxy) is 1. The lowest BCUT2D eigenvalue weighted by Gasteiger charge is -2.15. The zero-order chi connectivity index (χ0) is 17.0. The summed E-state index contributed by atoms with van der Waals surface area (Å²) in [6.45, 7) is 4.54. The lowest BCUT2D eigenvalue weighted by atomic mass is 10.1. The number of epoxide rings is 1. The maximum Gasteiger partial charge on any atom is 0.252 e. The van der Waals surface area contributed by atoms with E-state index in [1.807, 2.05) is 13.8 Å². The molecule has 2 aliphatic rings. The Bertz CT molecular complexity index is 465. The summed E-state index contributed by atoms with van der Waals surface area (Å²) in [5.41, 5.74) is 0. The van der Waals surface area contributed by atoms with Crippen molar-refractivity contribution in [3.8, 4) is 0 Å². The van der Waals surface area contributed by atoms with Crippen molar-refractivity contribution in [3.63, 3.8) is 0 Å². The average Bonchev–Trinajstić information content (AvgIpc) is 3.31. The number of hydrogen-bond donors (Lipinski definition) is 4. The molecule has 23 heavy (non-hydrogen) atoms. The first-order valence-electron chi connectivity index (χ1n) is 8.18. The summed E-state index contributed by atoms with van der Waals surface area (Å²) >= 11 is 0. The Morgan fingerprint density at radius 3 is 2.78 bits per heavy atom. The first-order valence-corrected chi connectivity index (χ1v) is 8.18. The van der Waals surface area contributed by atoms with E-state index in [0.29, 0.717) is 13.0 Å². The van der Waals surface area contributed by atoms with Crippen LogP contribution >= 0.6 is 0 Å². The smallest absolute Gasteiger partial charge is 0.252 e. The van der Waals surface area contributed by atoms with E-state index in [9.17, 15) is 19.8 Å². The molecule has 7 heteroatoms. The Kier molecular flexibility index (Phi) is 6.15. The SMILES string of the molecule is CC(C)/C=C/[C@@H](O)[C@H](O)[C@H]1O[C@@H]1C(=O)N[C@H]1CCCCNC1=O. The number of hydrogen-bond acceptors (Lipinski definition) is 5. The van der Waals surface area contributed by atoms with Gasteiger partial charge in [-0.15, -0.1) is 0 Å². The Morgan fingerprint density at radius 2 is 2.09 bits per heavy atom. The first kappa shape index (κ1) is 17.9. The third-order valence-electron chi connectivity index (χ3n) is 4.02. The van der Waals surface area contributed by atoms with E-state index in [1.54, 1.807) is 6.08 Å². The summed E-state index contributed by atoms with van der Waals surface area (Å²) in [4.78, 5) is 23.9. The van der Waals surface area contributed by atoms with E-state index >= 15 is 0 Å². The van der Waals surface area contributed by atoms with E-state index in [1.165, 1.54) is 6.08 Å². The van der Waals surface area contributed by atoms with Crippen LogP contribution in [-0.4, -0.2) is 59.0 Å². The van der Waals surface area contributed by atoms with Crippen LogP contribution in [-0.2, 0) is 14.3 Å². The van der Waals surface area contributed by atoms with E-state index in [0.717, 1.165) is 12.8 Å². The average molecular weight is 326 g/mol. The topological polar surface area (TPSA) is 111 Å². The van der Waals surface area contributed by atoms with Crippen molar-refractivity contribution in [2.24, 2.45) is 5.92 Å². The van der Waals surface area contributed by atoms with Gasteiger partial charge in [0, 0.05) is 6.54 Å². The van der Waals surface area contributed by atoms with E-state index in [2.05, 4.69) is 10.6 Å². The maximum atomic E-state index is 12.1. The zero-order valence-corrected chi connectivity index (χ0v) is 13.6. The van der Waals surface area contributed by atoms with Gasteiger partial charge in [0.25, 0.3) is 5.91 Å². The third-order valence-corrected chi connectivity index (χ3v) is 4.02. The van der Waals surface area contributed by atoms with Gasteiger partial charge in [0.05, 0.1) is 0 Å². The molecule has 0 spiro atoms. The number of nitrogens with one attached hydrogen (secondary N) is 2. The number of carbonyl (C=O) groups is 2. The fraction of sp³-hybridized carbons (Fsp3) is 0.750. The molecule has 0 aromatic heterocycles. The normalized spacial score (nSPS) is 30.7. The third kappa shape index (κ3) is 5.02. The van der Waals surface area contributed by atoms with Crippen LogP contribution < -0.4 is 10.6 Å². The van der Waals surface area contributed by atoms with Crippen LogP contribution in [0.2, 0.25) is 0 Å². The molecule has 0 aromatic carbocycles. The fourth-order valence-electron chi connectivity index (χ4n) is 2.57. The lowest BCUT2D eigenvalue weighted by Crippen LogP contribution is -2.47. The highest BCUT2D eigenvalue weighted by atomic mass is 16.6. The van der Waals surface area contributed by atoms with E-state index < -0.39 is 36.4 Å². The van der Waals surface area contributed by atoms with E-state index in [-0.39, 0.29) is 11.8 Å². The molecule has 0 bridgehead atoms. The standard InChI is InChI=1S/C16H26N2O5/c1-9(2)6-7-11(19)12(20)13-14(23-13)16(22)18-10-5-3-4-8-17-15(10)21/h6-7,9-14,19-20H,3-5,8H2,1-2H3,(H,17,21)(H,18,22)/b7-6+/t10-,11+,12-,13+,14-/m0/s1. The van der Waals surface area contributed by atoms with Crippen molar-refractivity contribution >= 4 is 11.8 Å². The molecule has 0 aromatic rings. The van der Waals surface area contributed by atoms with Gasteiger partial charge in [0.1, 0.15) is 24.4 Å². The molecule has 2 saturated heterocycles. The van der Waals surface area contributed by atoms with Crippen molar-refractivity contribution in [3.05, 3.63) is 12.2 Å². The maximum absolute atomic E-state index is 12.1. The number of rotatable bonds is 6. The molecule has 2 heterocycles. The molecule has 2 amide bonds. The van der Waals surface area contributed by atoms with Gasteiger partial charge in [-0.3, -0.25) is 9.59 Å². The van der Waals surface area contributed by atoms with Gasteiger partial charge in [0.2, 0.25) is 5.91 Å². The minimum Gasteiger partial charge on any atom is -0.387 e.